The molecule has 1 atom stereocenters. The molecule has 5 rings (SSSR count). The minimum atomic E-state index is 0.317. The second-order valence-electron chi connectivity index (χ2n) is 6.48. The zero-order valence-corrected chi connectivity index (χ0v) is 15.0. The smallest absolute Gasteiger partial charge is 0.231 e. The van der Waals surface area contributed by atoms with Gasteiger partial charge < -0.3 is 14.4 Å². The summed E-state index contributed by atoms with van der Waals surface area (Å²) in [5, 5.41) is 7.54. The predicted octanol–water partition coefficient (Wildman–Crippen LogP) is 4.38. The molecule has 1 unspecified atom stereocenters. The van der Waals surface area contributed by atoms with Gasteiger partial charge in [-0.2, -0.15) is 5.10 Å². The van der Waals surface area contributed by atoms with Crippen LogP contribution in [0.3, 0.4) is 0 Å². The number of hydrogen-bond donors (Lipinski definition) is 1. The number of para-hydroxylation sites is 1. The Balaban J connectivity index is 1.45. The van der Waals surface area contributed by atoms with Crippen LogP contribution in [0.5, 0.6) is 11.5 Å². The number of thioether (sulfide) groups is 1. The second-order valence-corrected chi connectivity index (χ2v) is 7.72. The molecule has 0 saturated carbocycles. The van der Waals surface area contributed by atoms with E-state index in [4.69, 9.17) is 9.47 Å². The molecule has 0 radical (unpaired) electrons. The lowest BCUT2D eigenvalue weighted by Crippen LogP contribution is -2.24. The van der Waals surface area contributed by atoms with E-state index < -0.39 is 0 Å². The number of nitrogens with zero attached hydrogens (tertiary/aromatic N) is 2. The zero-order chi connectivity index (χ0) is 17.3. The number of fused-ring (bicyclic) bond motifs is 2. The lowest BCUT2D eigenvalue weighted by molar-refractivity contribution is 0.174. The average Bonchev–Trinajstić information content (AvgIpc) is 3.31. The molecule has 0 aliphatic carbocycles. The van der Waals surface area contributed by atoms with E-state index in [9.17, 15) is 0 Å². The van der Waals surface area contributed by atoms with Crippen molar-refractivity contribution in [1.29, 1.82) is 0 Å². The van der Waals surface area contributed by atoms with Gasteiger partial charge in [0.2, 0.25) is 6.79 Å². The Bertz CT molecular complexity index is 913. The number of nitrogens with one attached hydrogen (secondary N) is 1. The Morgan fingerprint density at radius 1 is 1.12 bits per heavy atom. The molecule has 1 aromatic heterocycles. The summed E-state index contributed by atoms with van der Waals surface area (Å²) in [6.45, 7) is 2.14. The molecule has 26 heavy (non-hydrogen) atoms. The van der Waals surface area contributed by atoms with Crippen LogP contribution < -0.4 is 14.4 Å². The van der Waals surface area contributed by atoms with Crippen LogP contribution in [0.25, 0.3) is 0 Å². The first kappa shape index (κ1) is 15.6. The van der Waals surface area contributed by atoms with E-state index in [0.29, 0.717) is 12.0 Å². The molecule has 0 bridgehead atoms. The highest BCUT2D eigenvalue weighted by Crippen LogP contribution is 2.47. The van der Waals surface area contributed by atoms with Crippen molar-refractivity contribution in [2.45, 2.75) is 23.1 Å². The largest absolute Gasteiger partial charge is 0.454 e. The highest BCUT2D eigenvalue weighted by molar-refractivity contribution is 7.99. The van der Waals surface area contributed by atoms with Crippen molar-refractivity contribution >= 4 is 17.4 Å². The molecule has 3 heterocycles. The molecule has 132 valence electrons. The molecular formula is C20H19N3O2S. The van der Waals surface area contributed by atoms with Crippen molar-refractivity contribution in [2.75, 3.05) is 18.2 Å². The number of aromatic nitrogens is 2. The van der Waals surface area contributed by atoms with Crippen molar-refractivity contribution in [3.63, 3.8) is 0 Å². The van der Waals surface area contributed by atoms with Crippen molar-refractivity contribution in [2.24, 2.45) is 0 Å². The SMILES string of the molecule is c1ccc2c(c1)SC(c1ccc3c(c1)OCO3)CCN2Cc1ccn[nH]1. The summed E-state index contributed by atoms with van der Waals surface area (Å²) in [7, 11) is 0. The van der Waals surface area contributed by atoms with Crippen LogP contribution in [0.1, 0.15) is 22.9 Å². The first-order valence-electron chi connectivity index (χ1n) is 8.75. The summed E-state index contributed by atoms with van der Waals surface area (Å²) in [6.07, 6.45) is 2.87. The van der Waals surface area contributed by atoms with Gasteiger partial charge in [-0.25, -0.2) is 0 Å². The Morgan fingerprint density at radius 2 is 2.04 bits per heavy atom. The van der Waals surface area contributed by atoms with Gasteiger partial charge >= 0.3 is 0 Å². The number of hydrogen-bond acceptors (Lipinski definition) is 5. The fourth-order valence-corrected chi connectivity index (χ4v) is 4.80. The third-order valence-electron chi connectivity index (χ3n) is 4.82. The molecule has 2 aromatic carbocycles. The third kappa shape index (κ3) is 2.90. The minimum Gasteiger partial charge on any atom is -0.454 e. The predicted molar refractivity (Wildman–Crippen MR) is 102 cm³/mol. The summed E-state index contributed by atoms with van der Waals surface area (Å²) in [6, 6.07) is 17.0. The number of aromatic amines is 1. The molecule has 6 heteroatoms. The van der Waals surface area contributed by atoms with E-state index in [1.807, 2.05) is 30.1 Å². The molecule has 3 aromatic rings. The average molecular weight is 365 g/mol. The van der Waals surface area contributed by atoms with Gasteiger partial charge in [0, 0.05) is 22.9 Å². The number of ether oxygens (including phenoxy) is 2. The lowest BCUT2D eigenvalue weighted by Gasteiger charge is -2.23. The second kappa shape index (κ2) is 6.61. The number of H-pyrrole nitrogens is 1. The highest BCUT2D eigenvalue weighted by atomic mass is 32.2. The standard InChI is InChI=1S/C20H19N3O2S/c1-2-4-20-16(3-1)23(12-15-7-9-21-22-15)10-8-19(26-20)14-5-6-17-18(11-14)25-13-24-17/h1-7,9,11,19H,8,10,12-13H2,(H,21,22). The normalized spacial score (nSPS) is 18.5. The van der Waals surface area contributed by atoms with Gasteiger partial charge in [0.1, 0.15) is 0 Å². The Labute approximate surface area is 156 Å². The van der Waals surface area contributed by atoms with Gasteiger partial charge in [-0.3, -0.25) is 5.10 Å². The quantitative estimate of drug-likeness (QED) is 0.746. The van der Waals surface area contributed by atoms with E-state index in [0.717, 1.165) is 36.7 Å². The van der Waals surface area contributed by atoms with Crippen molar-refractivity contribution in [3.8, 4) is 11.5 Å². The fourth-order valence-electron chi connectivity index (χ4n) is 3.51. The van der Waals surface area contributed by atoms with E-state index in [1.165, 1.54) is 16.1 Å². The van der Waals surface area contributed by atoms with E-state index >= 15 is 0 Å². The molecule has 0 fully saturated rings. The fraction of sp³-hybridized carbons (Fsp3) is 0.250. The molecule has 2 aliphatic heterocycles. The number of rotatable bonds is 3. The number of benzene rings is 2. The molecule has 2 aliphatic rings. The molecule has 0 amide bonds. The van der Waals surface area contributed by atoms with Crippen molar-refractivity contribution in [1.82, 2.24) is 10.2 Å². The van der Waals surface area contributed by atoms with Crippen LogP contribution in [0.15, 0.2) is 59.6 Å². The molecular weight excluding hydrogens is 346 g/mol. The minimum absolute atomic E-state index is 0.317. The van der Waals surface area contributed by atoms with Crippen LogP contribution in [-0.2, 0) is 6.54 Å². The Kier molecular flexibility index (Phi) is 3.97. The van der Waals surface area contributed by atoms with Gasteiger partial charge in [-0.15, -0.1) is 11.8 Å². The maximum Gasteiger partial charge on any atom is 0.231 e. The summed E-state index contributed by atoms with van der Waals surface area (Å²) in [5.74, 6) is 1.70. The topological polar surface area (TPSA) is 50.4 Å². The summed E-state index contributed by atoms with van der Waals surface area (Å²) in [5.41, 5.74) is 3.71. The van der Waals surface area contributed by atoms with Crippen LogP contribution in [0, 0.1) is 0 Å². The highest BCUT2D eigenvalue weighted by Gasteiger charge is 2.25. The van der Waals surface area contributed by atoms with Crippen molar-refractivity contribution in [3.05, 3.63) is 66.0 Å². The summed E-state index contributed by atoms with van der Waals surface area (Å²) >= 11 is 1.93. The van der Waals surface area contributed by atoms with E-state index in [-0.39, 0.29) is 0 Å². The first-order chi connectivity index (χ1) is 12.9. The maximum atomic E-state index is 5.57. The summed E-state index contributed by atoms with van der Waals surface area (Å²) < 4.78 is 11.0. The van der Waals surface area contributed by atoms with Gasteiger partial charge in [0.05, 0.1) is 17.9 Å². The van der Waals surface area contributed by atoms with E-state index in [1.54, 1.807) is 0 Å². The van der Waals surface area contributed by atoms with Gasteiger partial charge in [0.25, 0.3) is 0 Å². The number of anilines is 1. The zero-order valence-electron chi connectivity index (χ0n) is 14.2. The molecule has 0 spiro atoms. The lowest BCUT2D eigenvalue weighted by atomic mass is 10.1. The van der Waals surface area contributed by atoms with Gasteiger partial charge in [-0.1, -0.05) is 18.2 Å². The Hall–Kier alpha value is -2.60. The van der Waals surface area contributed by atoms with Crippen LogP contribution in [0.4, 0.5) is 5.69 Å². The van der Waals surface area contributed by atoms with E-state index in [2.05, 4.69) is 51.5 Å². The molecule has 5 nitrogen and oxygen atoms in total. The third-order valence-corrected chi connectivity index (χ3v) is 6.22. The molecule has 1 N–H and O–H groups in total. The van der Waals surface area contributed by atoms with Crippen LogP contribution in [0.2, 0.25) is 0 Å². The maximum absolute atomic E-state index is 5.57. The van der Waals surface area contributed by atoms with Crippen LogP contribution >= 0.6 is 11.8 Å². The van der Waals surface area contributed by atoms with Gasteiger partial charge in [0.15, 0.2) is 11.5 Å². The van der Waals surface area contributed by atoms with Crippen molar-refractivity contribution < 1.29 is 9.47 Å². The summed E-state index contributed by atoms with van der Waals surface area (Å²) in [4.78, 5) is 3.75. The molecule has 0 saturated heterocycles. The monoisotopic (exact) mass is 365 g/mol. The van der Waals surface area contributed by atoms with Gasteiger partial charge in [-0.05, 0) is 42.3 Å². The Morgan fingerprint density at radius 3 is 2.96 bits per heavy atom. The first-order valence-corrected chi connectivity index (χ1v) is 9.63. The van der Waals surface area contributed by atoms with Crippen LogP contribution in [-0.4, -0.2) is 23.5 Å².